The molecular formula is C24H19ClN2O2S. The summed E-state index contributed by atoms with van der Waals surface area (Å²) in [5, 5.41) is 5.19. The molecule has 0 fully saturated rings. The van der Waals surface area contributed by atoms with Crippen LogP contribution in [0.5, 0.6) is 0 Å². The van der Waals surface area contributed by atoms with Crippen molar-refractivity contribution in [2.75, 3.05) is 6.54 Å². The highest BCUT2D eigenvalue weighted by atomic mass is 35.5. The molecule has 1 aliphatic rings. The van der Waals surface area contributed by atoms with E-state index in [-0.39, 0.29) is 11.4 Å². The van der Waals surface area contributed by atoms with Gasteiger partial charge in [0, 0.05) is 10.6 Å². The second-order valence-corrected chi connectivity index (χ2v) is 9.59. The number of hydrogen-bond acceptors (Lipinski definition) is 3. The van der Waals surface area contributed by atoms with E-state index in [1.807, 2.05) is 49.4 Å². The maximum absolute atomic E-state index is 13.3. The summed E-state index contributed by atoms with van der Waals surface area (Å²) < 4.78 is 27.8. The van der Waals surface area contributed by atoms with Crippen molar-refractivity contribution in [1.82, 2.24) is 4.41 Å². The molecule has 3 aromatic rings. The Labute approximate surface area is 181 Å². The largest absolute Gasteiger partial charge is 0.279 e. The van der Waals surface area contributed by atoms with Gasteiger partial charge < -0.3 is 0 Å². The van der Waals surface area contributed by atoms with Gasteiger partial charge in [0.15, 0.2) is 0 Å². The lowest BCUT2D eigenvalue weighted by atomic mass is 9.76. The smallest absolute Gasteiger partial charge is 0.200 e. The van der Waals surface area contributed by atoms with E-state index in [0.717, 1.165) is 11.1 Å². The number of rotatable bonds is 4. The van der Waals surface area contributed by atoms with Crippen molar-refractivity contribution >= 4 is 27.3 Å². The Bertz CT molecular complexity index is 1250. The summed E-state index contributed by atoms with van der Waals surface area (Å²) in [5.41, 5.74) is 2.48. The molecule has 0 aliphatic carbocycles. The molecule has 6 heteroatoms. The summed E-state index contributed by atoms with van der Waals surface area (Å²) >= 11 is 6.05. The SMILES string of the molecule is C#Cc1ccc(S(=O)(=O)N2CC(C)(c3ccccc3)C(c3ccc(Cl)cc3)=N2)cc1. The highest BCUT2D eigenvalue weighted by Crippen LogP contribution is 2.37. The van der Waals surface area contributed by atoms with E-state index in [4.69, 9.17) is 18.0 Å². The van der Waals surface area contributed by atoms with Crippen molar-refractivity contribution in [3.63, 3.8) is 0 Å². The molecule has 4 rings (SSSR count). The summed E-state index contributed by atoms with van der Waals surface area (Å²) in [6.07, 6.45) is 5.38. The Morgan fingerprint density at radius 2 is 1.63 bits per heavy atom. The number of benzene rings is 3. The third-order valence-electron chi connectivity index (χ3n) is 5.31. The van der Waals surface area contributed by atoms with Gasteiger partial charge in [0.1, 0.15) is 0 Å². The lowest BCUT2D eigenvalue weighted by molar-refractivity contribution is 0.418. The Balaban J connectivity index is 1.82. The minimum atomic E-state index is -3.84. The number of hydrazone groups is 1. The van der Waals surface area contributed by atoms with Crippen LogP contribution in [0.2, 0.25) is 5.02 Å². The van der Waals surface area contributed by atoms with Crippen molar-refractivity contribution in [3.05, 3.63) is 101 Å². The zero-order valence-corrected chi connectivity index (χ0v) is 17.9. The fraction of sp³-hybridized carbons (Fsp3) is 0.125. The second-order valence-electron chi connectivity index (χ2n) is 7.31. The zero-order chi connectivity index (χ0) is 21.4. The molecular weight excluding hydrogens is 416 g/mol. The lowest BCUT2D eigenvalue weighted by Gasteiger charge is -2.27. The van der Waals surface area contributed by atoms with Gasteiger partial charge >= 0.3 is 0 Å². The molecule has 0 radical (unpaired) electrons. The molecule has 1 heterocycles. The standard InChI is InChI=1S/C24H19ClN2O2S/c1-3-18-9-15-22(16-10-18)30(28,29)27-17-24(2,20-7-5-4-6-8-20)23(26-27)19-11-13-21(25)14-12-19/h1,4-16H,17H2,2H3. The highest BCUT2D eigenvalue weighted by Gasteiger charge is 2.44. The van der Waals surface area contributed by atoms with E-state index >= 15 is 0 Å². The fourth-order valence-electron chi connectivity index (χ4n) is 3.60. The van der Waals surface area contributed by atoms with Gasteiger partial charge in [-0.25, -0.2) is 0 Å². The Morgan fingerprint density at radius 3 is 2.23 bits per heavy atom. The number of nitrogens with zero attached hydrogens (tertiary/aromatic N) is 2. The van der Waals surface area contributed by atoms with Gasteiger partial charge in [0.05, 0.1) is 22.6 Å². The van der Waals surface area contributed by atoms with Gasteiger partial charge in [-0.2, -0.15) is 17.9 Å². The first kappa shape index (κ1) is 20.2. The van der Waals surface area contributed by atoms with Gasteiger partial charge in [0.2, 0.25) is 0 Å². The molecule has 1 atom stereocenters. The molecule has 4 nitrogen and oxygen atoms in total. The molecule has 1 unspecified atom stereocenters. The van der Waals surface area contributed by atoms with Crippen LogP contribution in [0, 0.1) is 12.3 Å². The fourth-order valence-corrected chi connectivity index (χ4v) is 5.07. The quantitative estimate of drug-likeness (QED) is 0.559. The van der Waals surface area contributed by atoms with Gasteiger partial charge in [-0.1, -0.05) is 60.0 Å². The van der Waals surface area contributed by atoms with Crippen LogP contribution < -0.4 is 0 Å². The van der Waals surface area contributed by atoms with Crippen molar-refractivity contribution < 1.29 is 8.42 Å². The first-order valence-electron chi connectivity index (χ1n) is 9.34. The maximum Gasteiger partial charge on any atom is 0.279 e. The van der Waals surface area contributed by atoms with Crippen LogP contribution >= 0.6 is 11.6 Å². The lowest BCUT2D eigenvalue weighted by Crippen LogP contribution is -2.37. The molecule has 150 valence electrons. The molecule has 1 aliphatic heterocycles. The molecule has 0 saturated carbocycles. The molecule has 0 N–H and O–H groups in total. The van der Waals surface area contributed by atoms with Crippen LogP contribution in [0.25, 0.3) is 0 Å². The maximum atomic E-state index is 13.3. The summed E-state index contributed by atoms with van der Waals surface area (Å²) in [7, 11) is -3.84. The number of hydrogen-bond donors (Lipinski definition) is 0. The molecule has 30 heavy (non-hydrogen) atoms. The average Bonchev–Trinajstić information content (AvgIpc) is 3.14. The zero-order valence-electron chi connectivity index (χ0n) is 16.3. The van der Waals surface area contributed by atoms with Crippen LogP contribution in [0.15, 0.2) is 88.9 Å². The number of sulfonamides is 1. The normalized spacial score (nSPS) is 18.7. The van der Waals surface area contributed by atoms with E-state index in [1.165, 1.54) is 16.5 Å². The second kappa shape index (κ2) is 7.64. The van der Waals surface area contributed by atoms with Crippen LogP contribution in [0.1, 0.15) is 23.6 Å². The van der Waals surface area contributed by atoms with Crippen molar-refractivity contribution in [3.8, 4) is 12.3 Å². The monoisotopic (exact) mass is 434 g/mol. The van der Waals surface area contributed by atoms with E-state index in [0.29, 0.717) is 16.3 Å². The van der Waals surface area contributed by atoms with Crippen LogP contribution in [0.3, 0.4) is 0 Å². The summed E-state index contributed by atoms with van der Waals surface area (Å²) in [4.78, 5) is 0.151. The van der Waals surface area contributed by atoms with E-state index in [9.17, 15) is 8.42 Å². The van der Waals surface area contributed by atoms with E-state index in [2.05, 4.69) is 11.0 Å². The van der Waals surface area contributed by atoms with E-state index < -0.39 is 15.4 Å². The molecule has 0 saturated heterocycles. The third kappa shape index (κ3) is 3.49. The predicted molar refractivity (Wildman–Crippen MR) is 120 cm³/mol. The van der Waals surface area contributed by atoms with Crippen LogP contribution in [-0.4, -0.2) is 25.1 Å². The minimum Gasteiger partial charge on any atom is -0.200 e. The highest BCUT2D eigenvalue weighted by molar-refractivity contribution is 7.89. The van der Waals surface area contributed by atoms with Gasteiger partial charge in [-0.15, -0.1) is 6.42 Å². The predicted octanol–water partition coefficient (Wildman–Crippen LogP) is 4.69. The number of terminal acetylenes is 1. The van der Waals surface area contributed by atoms with Crippen molar-refractivity contribution in [1.29, 1.82) is 0 Å². The van der Waals surface area contributed by atoms with Gasteiger partial charge in [0.25, 0.3) is 10.0 Å². The van der Waals surface area contributed by atoms with Crippen molar-refractivity contribution in [2.45, 2.75) is 17.2 Å². The third-order valence-corrected chi connectivity index (χ3v) is 7.20. The molecule has 0 amide bonds. The Kier molecular flexibility index (Phi) is 5.15. The summed E-state index contributed by atoms with van der Waals surface area (Å²) in [5.74, 6) is 2.50. The summed E-state index contributed by atoms with van der Waals surface area (Å²) in [6, 6.07) is 23.3. The van der Waals surface area contributed by atoms with Crippen LogP contribution in [-0.2, 0) is 15.4 Å². The molecule has 3 aromatic carbocycles. The van der Waals surface area contributed by atoms with Gasteiger partial charge in [-0.05, 0) is 54.4 Å². The van der Waals surface area contributed by atoms with Crippen LogP contribution in [0.4, 0.5) is 0 Å². The molecule has 0 spiro atoms. The first-order valence-corrected chi connectivity index (χ1v) is 11.2. The molecule has 0 bridgehead atoms. The van der Waals surface area contributed by atoms with Gasteiger partial charge in [-0.3, -0.25) is 0 Å². The molecule has 0 aromatic heterocycles. The number of halogens is 1. The van der Waals surface area contributed by atoms with Crippen molar-refractivity contribution in [2.24, 2.45) is 5.10 Å². The summed E-state index contributed by atoms with van der Waals surface area (Å²) in [6.45, 7) is 2.20. The Morgan fingerprint density at radius 1 is 1.00 bits per heavy atom. The first-order chi connectivity index (χ1) is 14.3. The average molecular weight is 435 g/mol. The van der Waals surface area contributed by atoms with E-state index in [1.54, 1.807) is 24.3 Å². The minimum absolute atomic E-state index is 0.151. The topological polar surface area (TPSA) is 49.7 Å². The Hall–Kier alpha value is -3.07.